The van der Waals surface area contributed by atoms with E-state index in [1.54, 1.807) is 0 Å². The van der Waals surface area contributed by atoms with E-state index >= 15 is 0 Å². The third-order valence-electron chi connectivity index (χ3n) is 4.42. The maximum Gasteiger partial charge on any atom is 0.00967 e. The summed E-state index contributed by atoms with van der Waals surface area (Å²) in [5.74, 6) is 0.945. The fourth-order valence-electron chi connectivity index (χ4n) is 2.82. The first-order valence-electron chi connectivity index (χ1n) is 7.12. The van der Waals surface area contributed by atoms with Gasteiger partial charge in [-0.15, -0.1) is 0 Å². The first kappa shape index (κ1) is 14.0. The summed E-state index contributed by atoms with van der Waals surface area (Å²) in [5, 5.41) is 3.71. The van der Waals surface area contributed by atoms with Crippen molar-refractivity contribution in [3.8, 4) is 0 Å². The smallest absolute Gasteiger partial charge is 0.00967 e. The Morgan fingerprint density at radius 3 is 2.00 bits per heavy atom. The Morgan fingerprint density at radius 1 is 1.00 bits per heavy atom. The van der Waals surface area contributed by atoms with Gasteiger partial charge in [-0.2, -0.15) is 0 Å². The summed E-state index contributed by atoms with van der Waals surface area (Å²) in [6.07, 6.45) is 8.58. The summed E-state index contributed by atoms with van der Waals surface area (Å²) in [4.78, 5) is 0. The highest BCUT2D eigenvalue weighted by molar-refractivity contribution is 4.87. The van der Waals surface area contributed by atoms with Crippen LogP contribution >= 0.6 is 0 Å². The van der Waals surface area contributed by atoms with Gasteiger partial charge in [0.05, 0.1) is 0 Å². The molecule has 1 N–H and O–H groups in total. The molecule has 0 radical (unpaired) electrons. The van der Waals surface area contributed by atoms with Gasteiger partial charge in [-0.25, -0.2) is 0 Å². The van der Waals surface area contributed by atoms with Crippen molar-refractivity contribution < 1.29 is 0 Å². The Morgan fingerprint density at radius 2 is 1.56 bits per heavy atom. The molecule has 1 unspecified atom stereocenters. The van der Waals surface area contributed by atoms with Gasteiger partial charge >= 0.3 is 0 Å². The van der Waals surface area contributed by atoms with Crippen molar-refractivity contribution in [3.05, 3.63) is 0 Å². The molecule has 0 aromatic heterocycles. The van der Waals surface area contributed by atoms with Crippen molar-refractivity contribution in [3.63, 3.8) is 0 Å². The average molecular weight is 225 g/mol. The van der Waals surface area contributed by atoms with Gasteiger partial charge in [0.1, 0.15) is 0 Å². The van der Waals surface area contributed by atoms with Crippen LogP contribution in [0.4, 0.5) is 0 Å². The predicted octanol–water partition coefficient (Wildman–Crippen LogP) is 4.37. The lowest BCUT2D eigenvalue weighted by atomic mass is 9.68. The molecular formula is C15H31N. The van der Waals surface area contributed by atoms with E-state index < -0.39 is 0 Å². The molecule has 1 nitrogen and oxygen atoms in total. The Bertz CT molecular complexity index is 198. The van der Waals surface area contributed by atoms with Gasteiger partial charge in [-0.05, 0) is 51.4 Å². The Balaban J connectivity index is 2.54. The molecule has 16 heavy (non-hydrogen) atoms. The van der Waals surface area contributed by atoms with Crippen molar-refractivity contribution >= 4 is 0 Å². The topological polar surface area (TPSA) is 12.0 Å². The first-order valence-corrected chi connectivity index (χ1v) is 7.12. The molecule has 1 rings (SSSR count). The molecule has 1 heteroatoms. The van der Waals surface area contributed by atoms with Crippen LogP contribution in [0.3, 0.4) is 0 Å². The molecule has 96 valence electrons. The fraction of sp³-hybridized carbons (Fsp3) is 1.00. The van der Waals surface area contributed by atoms with E-state index in [4.69, 9.17) is 0 Å². The standard InChI is InChI=1S/C15H31N/c1-6-15(5,12-16-14(2,3)4)13-10-8-7-9-11-13/h13,16H,6-12H2,1-5H3. The van der Waals surface area contributed by atoms with Gasteiger partial charge in [0.25, 0.3) is 0 Å². The van der Waals surface area contributed by atoms with Gasteiger partial charge in [0.15, 0.2) is 0 Å². The molecule has 0 spiro atoms. The highest BCUT2D eigenvalue weighted by Crippen LogP contribution is 2.40. The maximum atomic E-state index is 3.71. The molecular weight excluding hydrogens is 194 g/mol. The van der Waals surface area contributed by atoms with Crippen molar-refractivity contribution in [2.24, 2.45) is 11.3 Å². The first-order chi connectivity index (χ1) is 7.37. The number of rotatable bonds is 4. The molecule has 0 bridgehead atoms. The molecule has 0 saturated heterocycles. The van der Waals surface area contributed by atoms with Crippen LogP contribution in [0.25, 0.3) is 0 Å². The largest absolute Gasteiger partial charge is 0.312 e. The molecule has 1 saturated carbocycles. The average Bonchev–Trinajstić information content (AvgIpc) is 2.26. The van der Waals surface area contributed by atoms with Crippen LogP contribution < -0.4 is 5.32 Å². The highest BCUT2D eigenvalue weighted by Gasteiger charge is 2.33. The maximum absolute atomic E-state index is 3.71. The van der Waals surface area contributed by atoms with E-state index in [9.17, 15) is 0 Å². The third-order valence-corrected chi connectivity index (χ3v) is 4.42. The minimum Gasteiger partial charge on any atom is -0.312 e. The summed E-state index contributed by atoms with van der Waals surface area (Å²) >= 11 is 0. The summed E-state index contributed by atoms with van der Waals surface area (Å²) < 4.78 is 0. The highest BCUT2D eigenvalue weighted by atomic mass is 15.0. The minimum absolute atomic E-state index is 0.255. The van der Waals surface area contributed by atoms with E-state index in [1.807, 2.05) is 0 Å². The molecule has 0 heterocycles. The van der Waals surface area contributed by atoms with Crippen LogP contribution in [0.1, 0.15) is 73.1 Å². The van der Waals surface area contributed by atoms with Gasteiger partial charge in [0.2, 0.25) is 0 Å². The van der Waals surface area contributed by atoms with Crippen molar-refractivity contribution in [2.75, 3.05) is 6.54 Å². The van der Waals surface area contributed by atoms with Crippen LogP contribution in [0.2, 0.25) is 0 Å². The zero-order valence-electron chi connectivity index (χ0n) is 12.0. The zero-order chi connectivity index (χ0) is 12.2. The van der Waals surface area contributed by atoms with Crippen LogP contribution in [-0.2, 0) is 0 Å². The summed E-state index contributed by atoms with van der Waals surface area (Å²) in [6.45, 7) is 12.8. The SMILES string of the molecule is CCC(C)(CNC(C)(C)C)C1CCCCC1. The molecule has 1 aliphatic carbocycles. The van der Waals surface area contributed by atoms with E-state index in [0.29, 0.717) is 5.41 Å². The van der Waals surface area contributed by atoms with E-state index in [-0.39, 0.29) is 5.54 Å². The minimum atomic E-state index is 0.255. The van der Waals surface area contributed by atoms with Crippen LogP contribution in [0.5, 0.6) is 0 Å². The van der Waals surface area contributed by atoms with Crippen LogP contribution in [-0.4, -0.2) is 12.1 Å². The number of nitrogens with one attached hydrogen (secondary N) is 1. The third kappa shape index (κ3) is 4.08. The molecule has 1 atom stereocenters. The van der Waals surface area contributed by atoms with E-state index in [0.717, 1.165) is 5.92 Å². The second-order valence-electron chi connectivity index (χ2n) is 6.95. The number of hydrogen-bond donors (Lipinski definition) is 1. The molecule has 0 aliphatic heterocycles. The fourth-order valence-corrected chi connectivity index (χ4v) is 2.82. The van der Waals surface area contributed by atoms with Crippen LogP contribution in [0.15, 0.2) is 0 Å². The molecule has 0 amide bonds. The van der Waals surface area contributed by atoms with E-state index in [1.165, 1.54) is 45.1 Å². The Labute approximate surface area is 102 Å². The van der Waals surface area contributed by atoms with Crippen LogP contribution in [0, 0.1) is 11.3 Å². The normalized spacial score (nSPS) is 23.1. The molecule has 0 aromatic carbocycles. The van der Waals surface area contributed by atoms with Gasteiger partial charge in [-0.1, -0.05) is 33.1 Å². The summed E-state index contributed by atoms with van der Waals surface area (Å²) in [6, 6.07) is 0. The monoisotopic (exact) mass is 225 g/mol. The second-order valence-corrected chi connectivity index (χ2v) is 6.95. The predicted molar refractivity (Wildman–Crippen MR) is 72.7 cm³/mol. The van der Waals surface area contributed by atoms with Crippen molar-refractivity contribution in [1.82, 2.24) is 5.32 Å². The van der Waals surface area contributed by atoms with E-state index in [2.05, 4.69) is 39.9 Å². The summed E-state index contributed by atoms with van der Waals surface area (Å²) in [5.41, 5.74) is 0.763. The molecule has 0 aromatic rings. The van der Waals surface area contributed by atoms with Crippen molar-refractivity contribution in [2.45, 2.75) is 78.7 Å². The van der Waals surface area contributed by atoms with Crippen molar-refractivity contribution in [1.29, 1.82) is 0 Å². The molecule has 1 fully saturated rings. The summed E-state index contributed by atoms with van der Waals surface area (Å²) in [7, 11) is 0. The lowest BCUT2D eigenvalue weighted by molar-refractivity contribution is 0.118. The van der Waals surface area contributed by atoms with Gasteiger partial charge < -0.3 is 5.32 Å². The quantitative estimate of drug-likeness (QED) is 0.749. The lowest BCUT2D eigenvalue weighted by Gasteiger charge is -2.41. The zero-order valence-corrected chi connectivity index (χ0v) is 12.0. The van der Waals surface area contributed by atoms with Gasteiger partial charge in [-0.3, -0.25) is 0 Å². The lowest BCUT2D eigenvalue weighted by Crippen LogP contribution is -2.46. The van der Waals surface area contributed by atoms with Gasteiger partial charge in [0, 0.05) is 12.1 Å². The Kier molecular flexibility index (Phi) is 4.85. The molecule has 1 aliphatic rings. The Hall–Kier alpha value is -0.0400. The second kappa shape index (κ2) is 5.53. The number of hydrogen-bond acceptors (Lipinski definition) is 1.